The molecule has 0 unspecified atom stereocenters. The molecule has 5 rings (SSSR count). The molecule has 41 heavy (non-hydrogen) atoms. The highest BCUT2D eigenvalue weighted by Gasteiger charge is 2.28. The van der Waals surface area contributed by atoms with Crippen LogP contribution in [0.4, 0.5) is 5.69 Å². The van der Waals surface area contributed by atoms with Crippen LogP contribution in [-0.4, -0.2) is 36.7 Å². The number of H-pyrrole nitrogens is 1. The van der Waals surface area contributed by atoms with E-state index in [1.54, 1.807) is 56.6 Å². The second-order valence-electron chi connectivity index (χ2n) is 9.70. The van der Waals surface area contributed by atoms with Crippen LogP contribution in [-0.2, 0) is 26.8 Å². The summed E-state index contributed by atoms with van der Waals surface area (Å²) in [6.07, 6.45) is 5.72. The van der Waals surface area contributed by atoms with E-state index in [1.807, 2.05) is 12.1 Å². The van der Waals surface area contributed by atoms with E-state index in [4.69, 9.17) is 23.2 Å². The van der Waals surface area contributed by atoms with E-state index in [9.17, 15) is 18.0 Å². The van der Waals surface area contributed by atoms with E-state index in [0.717, 1.165) is 5.56 Å². The number of sulfone groups is 1. The van der Waals surface area contributed by atoms with E-state index in [2.05, 4.69) is 20.6 Å². The Balaban J connectivity index is 1.41. The number of carbonyl (C=O) groups is 2. The zero-order valence-corrected chi connectivity index (χ0v) is 24.5. The number of aromatic nitrogens is 2. The van der Waals surface area contributed by atoms with Gasteiger partial charge >= 0.3 is 0 Å². The Kier molecular flexibility index (Phi) is 8.04. The topological polar surface area (TPSA) is 121 Å². The van der Waals surface area contributed by atoms with Gasteiger partial charge in [0.1, 0.15) is 0 Å². The highest BCUT2D eigenvalue weighted by Crippen LogP contribution is 2.37. The van der Waals surface area contributed by atoms with Crippen LogP contribution in [0.2, 0.25) is 10.0 Å². The van der Waals surface area contributed by atoms with E-state index in [0.29, 0.717) is 52.3 Å². The van der Waals surface area contributed by atoms with Crippen LogP contribution in [0.1, 0.15) is 44.0 Å². The Morgan fingerprint density at radius 1 is 1.05 bits per heavy atom. The zero-order valence-electron chi connectivity index (χ0n) is 22.2. The fourth-order valence-corrected chi connectivity index (χ4v) is 6.93. The van der Waals surface area contributed by atoms with Gasteiger partial charge in [0, 0.05) is 57.2 Å². The normalized spacial score (nSPS) is 13.8. The van der Waals surface area contributed by atoms with Crippen molar-refractivity contribution in [2.24, 2.45) is 0 Å². The van der Waals surface area contributed by atoms with Crippen molar-refractivity contribution in [1.29, 1.82) is 0 Å². The summed E-state index contributed by atoms with van der Waals surface area (Å²) in [5, 5.41) is 6.24. The zero-order chi connectivity index (χ0) is 29.3. The quantitative estimate of drug-likeness (QED) is 0.219. The third kappa shape index (κ3) is 5.93. The fourth-order valence-electron chi connectivity index (χ4n) is 4.81. The van der Waals surface area contributed by atoms with E-state index in [1.165, 1.54) is 12.1 Å². The van der Waals surface area contributed by atoms with Crippen molar-refractivity contribution in [3.05, 3.63) is 110 Å². The molecule has 0 aliphatic carbocycles. The molecule has 0 fully saturated rings. The van der Waals surface area contributed by atoms with Gasteiger partial charge in [-0.2, -0.15) is 0 Å². The van der Waals surface area contributed by atoms with Gasteiger partial charge in [0.05, 0.1) is 21.8 Å². The average molecular weight is 610 g/mol. The number of carbonyl (C=O) groups excluding carboxylic acids is 2. The first-order valence-electron chi connectivity index (χ1n) is 12.7. The van der Waals surface area contributed by atoms with Gasteiger partial charge in [-0.15, -0.1) is 0 Å². The van der Waals surface area contributed by atoms with E-state index >= 15 is 0 Å². The number of halogens is 2. The van der Waals surface area contributed by atoms with Crippen LogP contribution < -0.4 is 10.6 Å². The van der Waals surface area contributed by atoms with Gasteiger partial charge in [-0.25, -0.2) is 8.42 Å². The number of hydrogen-bond acceptors (Lipinski definition) is 5. The number of benzene rings is 2. The predicted molar refractivity (Wildman–Crippen MR) is 161 cm³/mol. The van der Waals surface area contributed by atoms with E-state index in [-0.39, 0.29) is 38.1 Å². The van der Waals surface area contributed by atoms with Crippen LogP contribution in [0.15, 0.2) is 65.8 Å². The van der Waals surface area contributed by atoms with E-state index < -0.39 is 9.84 Å². The lowest BCUT2D eigenvalue weighted by molar-refractivity contribution is -0.110. The minimum absolute atomic E-state index is 0.0308. The number of aromatic amines is 1. The molecule has 0 bridgehead atoms. The first kappa shape index (κ1) is 28.6. The van der Waals surface area contributed by atoms with Gasteiger partial charge in [-0.1, -0.05) is 29.3 Å². The highest BCUT2D eigenvalue weighted by molar-refractivity contribution is 7.90. The molecule has 2 aromatic heterocycles. The van der Waals surface area contributed by atoms with Crippen molar-refractivity contribution in [3.8, 4) is 0 Å². The van der Waals surface area contributed by atoms with Gasteiger partial charge in [0.25, 0.3) is 11.8 Å². The number of rotatable bonds is 8. The molecular formula is C30H26Cl2N4O4S. The number of nitrogens with one attached hydrogen (secondary N) is 3. The molecule has 0 radical (unpaired) electrons. The Morgan fingerprint density at radius 2 is 1.76 bits per heavy atom. The van der Waals surface area contributed by atoms with Crippen LogP contribution in [0.3, 0.4) is 0 Å². The Hall–Kier alpha value is -3.92. The minimum Gasteiger partial charge on any atom is -0.358 e. The number of anilines is 1. The Morgan fingerprint density at radius 3 is 2.46 bits per heavy atom. The fraction of sp³-hybridized carbons (Fsp3) is 0.167. The molecule has 4 aromatic rings. The van der Waals surface area contributed by atoms with Crippen molar-refractivity contribution in [2.45, 2.75) is 30.9 Å². The molecule has 2 aromatic carbocycles. The Labute approximate surface area is 247 Å². The molecule has 0 saturated carbocycles. The van der Waals surface area contributed by atoms with Gasteiger partial charge < -0.3 is 15.6 Å². The molecule has 11 heteroatoms. The largest absolute Gasteiger partial charge is 0.358 e. The monoisotopic (exact) mass is 608 g/mol. The smallest absolute Gasteiger partial charge is 0.256 e. The molecular weight excluding hydrogens is 583 g/mol. The lowest BCUT2D eigenvalue weighted by Crippen LogP contribution is -2.26. The number of pyridine rings is 1. The number of nitrogens with zero attached hydrogens (tertiary/aromatic N) is 1. The molecule has 8 nitrogen and oxygen atoms in total. The number of amides is 2. The summed E-state index contributed by atoms with van der Waals surface area (Å²) in [4.78, 5) is 33.2. The summed E-state index contributed by atoms with van der Waals surface area (Å²) < 4.78 is 26.6. The standard InChI is InChI=1S/C30H26Cl2N4O4S/c1-17-27(35-18(2)28(17)30(38)34-13-10-19-8-11-33-12-9-19)15-22-21-14-20(6-7-26(21)36-29(22)37)41(39,40)16-23-24(31)4-3-5-25(23)32/h3-9,11-12,14-15,35H,10,13,16H2,1-2H3,(H,34,38)(H,36,37). The molecule has 0 atom stereocenters. The predicted octanol–water partition coefficient (Wildman–Crippen LogP) is 5.77. The SMILES string of the molecule is Cc1[nH]c(C=C2C(=O)Nc3ccc(S(=O)(=O)Cc4c(Cl)cccc4Cl)cc32)c(C)c1C(=O)NCCc1ccncc1. The first-order valence-corrected chi connectivity index (χ1v) is 15.2. The summed E-state index contributed by atoms with van der Waals surface area (Å²) in [6.45, 7) is 4.05. The average Bonchev–Trinajstić information content (AvgIpc) is 3.40. The van der Waals surface area contributed by atoms with Crippen LogP contribution in [0.5, 0.6) is 0 Å². The van der Waals surface area contributed by atoms with Crippen molar-refractivity contribution in [2.75, 3.05) is 11.9 Å². The molecule has 0 spiro atoms. The summed E-state index contributed by atoms with van der Waals surface area (Å²) in [7, 11) is -3.84. The molecule has 3 N–H and O–H groups in total. The minimum atomic E-state index is -3.84. The molecule has 1 aliphatic rings. The van der Waals surface area contributed by atoms with Gasteiger partial charge in [-0.3, -0.25) is 14.6 Å². The maximum absolute atomic E-state index is 13.3. The first-order chi connectivity index (χ1) is 19.5. The summed E-state index contributed by atoms with van der Waals surface area (Å²) in [5.41, 5.74) is 5.00. The van der Waals surface area contributed by atoms with Gasteiger partial charge in [-0.05, 0) is 79.9 Å². The maximum Gasteiger partial charge on any atom is 0.256 e. The highest BCUT2D eigenvalue weighted by atomic mass is 35.5. The van der Waals surface area contributed by atoms with Crippen molar-refractivity contribution >= 4 is 62.2 Å². The molecule has 2 amide bonds. The third-order valence-electron chi connectivity index (χ3n) is 6.97. The molecule has 0 saturated heterocycles. The molecule has 3 heterocycles. The number of aryl methyl sites for hydroxylation is 1. The maximum atomic E-state index is 13.3. The van der Waals surface area contributed by atoms with Crippen LogP contribution in [0, 0.1) is 13.8 Å². The second-order valence-corrected chi connectivity index (χ2v) is 12.5. The Bertz CT molecular complexity index is 1800. The van der Waals surface area contributed by atoms with Crippen molar-refractivity contribution in [3.63, 3.8) is 0 Å². The number of fused-ring (bicyclic) bond motifs is 1. The van der Waals surface area contributed by atoms with Gasteiger partial charge in [0.2, 0.25) is 0 Å². The molecule has 1 aliphatic heterocycles. The molecule has 210 valence electrons. The van der Waals surface area contributed by atoms with Crippen LogP contribution >= 0.6 is 23.2 Å². The van der Waals surface area contributed by atoms with Crippen molar-refractivity contribution < 1.29 is 18.0 Å². The third-order valence-corrected chi connectivity index (χ3v) is 9.32. The summed E-state index contributed by atoms with van der Waals surface area (Å²) in [6, 6.07) is 13.1. The lowest BCUT2D eigenvalue weighted by atomic mass is 10.0. The number of hydrogen-bond donors (Lipinski definition) is 3. The van der Waals surface area contributed by atoms with Gasteiger partial charge in [0.15, 0.2) is 9.84 Å². The lowest BCUT2D eigenvalue weighted by Gasteiger charge is -2.10. The van der Waals surface area contributed by atoms with Crippen LogP contribution in [0.25, 0.3) is 11.6 Å². The second kappa shape index (κ2) is 11.5. The summed E-state index contributed by atoms with van der Waals surface area (Å²) in [5.74, 6) is -0.990. The summed E-state index contributed by atoms with van der Waals surface area (Å²) >= 11 is 12.4. The van der Waals surface area contributed by atoms with Crippen molar-refractivity contribution in [1.82, 2.24) is 15.3 Å².